The van der Waals surface area contributed by atoms with Crippen LogP contribution in [0.25, 0.3) is 11.0 Å². The van der Waals surface area contributed by atoms with E-state index in [4.69, 9.17) is 7.12 Å². The topological polar surface area (TPSA) is 101 Å². The van der Waals surface area contributed by atoms with E-state index in [2.05, 4.69) is 15.1 Å². The highest BCUT2D eigenvalue weighted by Gasteiger charge is 2.29. The van der Waals surface area contributed by atoms with Crippen molar-refractivity contribution in [1.29, 1.82) is 0 Å². The van der Waals surface area contributed by atoms with Gasteiger partial charge in [0.25, 0.3) is 12.7 Å². The number of nitrogens with one attached hydrogen (secondary N) is 1. The lowest BCUT2D eigenvalue weighted by Gasteiger charge is -2.30. The van der Waals surface area contributed by atoms with Gasteiger partial charge in [-0.1, -0.05) is 0 Å². The second-order valence-corrected chi connectivity index (χ2v) is 8.70. The minimum Gasteiger partial charge on any atom is -0.310 e. The number of aromatic nitrogens is 4. The van der Waals surface area contributed by atoms with E-state index in [1.807, 2.05) is 20.8 Å². The predicted molar refractivity (Wildman–Crippen MR) is 91.4 cm³/mol. The van der Waals surface area contributed by atoms with Gasteiger partial charge in [-0.3, -0.25) is 4.79 Å². The number of hydrogen-bond donors (Lipinski definition) is 1. The van der Waals surface area contributed by atoms with Gasteiger partial charge < -0.3 is 4.98 Å². The molecule has 3 rings (SSSR count). The molecule has 1 atom stereocenters. The lowest BCUT2D eigenvalue weighted by molar-refractivity contribution is 0.313. The predicted octanol–water partition coefficient (Wildman–Crippen LogP) is 0.467. The summed E-state index contributed by atoms with van der Waals surface area (Å²) in [6, 6.07) is 0. The van der Waals surface area contributed by atoms with Gasteiger partial charge in [-0.05, 0) is 33.6 Å². The Hall–Kier alpha value is -1.68. The van der Waals surface area contributed by atoms with Crippen LogP contribution in [0.5, 0.6) is 0 Å². The Morgan fingerprint density at radius 2 is 2.08 bits per heavy atom. The van der Waals surface area contributed by atoms with Crippen molar-refractivity contribution in [3.05, 3.63) is 22.4 Å². The first-order valence-corrected chi connectivity index (χ1v) is 9.34. The second kappa shape index (κ2) is 5.70. The summed E-state index contributed by atoms with van der Waals surface area (Å²) in [5.41, 5.74) is -0.0776. The summed E-state index contributed by atoms with van der Waals surface area (Å²) in [6.07, 6.45) is 2.92. The largest absolute Gasteiger partial charge is 0.310 e. The SMILES string of the molecule is [B]S(=O)(=O)N1CCCC(c2nc3c(cnn3C(C)(C)C)c(=O)[nH]2)C1. The van der Waals surface area contributed by atoms with Crippen LogP contribution in [0.2, 0.25) is 0 Å². The molecular weight excluding hydrogens is 329 g/mol. The molecule has 1 aliphatic rings. The van der Waals surface area contributed by atoms with E-state index >= 15 is 0 Å². The standard InChI is InChI=1S/C14H20BN5O3S/c1-14(2,3)20-12-10(7-16-20)13(21)18-11(17-12)9-5-4-6-19(8-9)24(15,22)23/h7,9H,4-6,8H2,1-3H3,(H,17,18,21). The molecule has 8 nitrogen and oxygen atoms in total. The van der Waals surface area contributed by atoms with Crippen LogP contribution in [-0.4, -0.2) is 52.7 Å². The minimum absolute atomic E-state index is 0.197. The molecule has 0 saturated carbocycles. The lowest BCUT2D eigenvalue weighted by atomic mass is 9.99. The lowest BCUT2D eigenvalue weighted by Crippen LogP contribution is -2.39. The molecular formula is C14H20BN5O3S. The highest BCUT2D eigenvalue weighted by molar-refractivity contribution is 8.10. The zero-order valence-corrected chi connectivity index (χ0v) is 14.8. The Balaban J connectivity index is 2.05. The molecule has 0 aromatic carbocycles. The van der Waals surface area contributed by atoms with Crippen LogP contribution >= 0.6 is 0 Å². The van der Waals surface area contributed by atoms with Crippen molar-refractivity contribution in [2.75, 3.05) is 13.1 Å². The number of piperidine rings is 1. The third-order valence-electron chi connectivity index (χ3n) is 4.22. The average Bonchev–Trinajstić information content (AvgIpc) is 2.91. The number of aromatic amines is 1. The Morgan fingerprint density at radius 1 is 1.38 bits per heavy atom. The Bertz CT molecular complexity index is 928. The second-order valence-electron chi connectivity index (χ2n) is 7.16. The molecule has 24 heavy (non-hydrogen) atoms. The van der Waals surface area contributed by atoms with Crippen molar-refractivity contribution >= 4 is 28.0 Å². The molecule has 2 aromatic heterocycles. The van der Waals surface area contributed by atoms with Crippen LogP contribution < -0.4 is 5.56 Å². The van der Waals surface area contributed by atoms with E-state index in [0.29, 0.717) is 29.8 Å². The van der Waals surface area contributed by atoms with Crippen LogP contribution in [0.1, 0.15) is 45.4 Å². The van der Waals surface area contributed by atoms with Gasteiger partial charge in [-0.25, -0.2) is 22.4 Å². The number of fused-ring (bicyclic) bond motifs is 1. The van der Waals surface area contributed by atoms with Gasteiger partial charge in [0, 0.05) is 19.0 Å². The summed E-state index contributed by atoms with van der Waals surface area (Å²) in [7, 11) is 1.48. The molecule has 1 fully saturated rings. The molecule has 2 aromatic rings. The molecule has 2 radical (unpaired) electrons. The maximum Gasteiger partial charge on any atom is 0.278 e. The monoisotopic (exact) mass is 349 g/mol. The van der Waals surface area contributed by atoms with Crippen LogP contribution in [0.15, 0.2) is 11.0 Å². The Kier molecular flexibility index (Phi) is 4.07. The molecule has 1 aliphatic heterocycles. The fourth-order valence-electron chi connectivity index (χ4n) is 3.02. The normalized spacial score (nSPS) is 20.5. The van der Waals surface area contributed by atoms with E-state index in [0.717, 1.165) is 6.42 Å². The smallest absolute Gasteiger partial charge is 0.278 e. The van der Waals surface area contributed by atoms with E-state index in [9.17, 15) is 13.2 Å². The highest BCUT2D eigenvalue weighted by Crippen LogP contribution is 2.26. The van der Waals surface area contributed by atoms with Crippen LogP contribution in [0, 0.1) is 0 Å². The van der Waals surface area contributed by atoms with Crippen molar-refractivity contribution in [2.24, 2.45) is 0 Å². The molecule has 3 heterocycles. The van der Waals surface area contributed by atoms with Crippen molar-refractivity contribution in [2.45, 2.75) is 45.1 Å². The van der Waals surface area contributed by atoms with Gasteiger partial charge in [0.2, 0.25) is 0 Å². The summed E-state index contributed by atoms with van der Waals surface area (Å²) in [5.74, 6) is 0.282. The van der Waals surface area contributed by atoms with Gasteiger partial charge in [0.05, 0.1) is 11.7 Å². The first-order chi connectivity index (χ1) is 11.1. The van der Waals surface area contributed by atoms with Gasteiger partial charge in [0.15, 0.2) is 15.5 Å². The third-order valence-corrected chi connectivity index (χ3v) is 5.27. The molecule has 128 valence electrons. The van der Waals surface area contributed by atoms with E-state index < -0.39 is 9.87 Å². The van der Waals surface area contributed by atoms with Crippen LogP contribution in [-0.2, 0) is 15.4 Å². The third kappa shape index (κ3) is 3.12. The maximum atomic E-state index is 12.4. The molecule has 1 unspecified atom stereocenters. The van der Waals surface area contributed by atoms with Crippen molar-refractivity contribution in [3.63, 3.8) is 0 Å². The number of rotatable bonds is 2. The van der Waals surface area contributed by atoms with Crippen molar-refractivity contribution in [3.8, 4) is 0 Å². The van der Waals surface area contributed by atoms with Gasteiger partial charge in [0.1, 0.15) is 11.2 Å². The van der Waals surface area contributed by atoms with Gasteiger partial charge in [-0.15, -0.1) is 0 Å². The number of H-pyrrole nitrogens is 1. The zero-order chi connectivity index (χ0) is 17.7. The summed E-state index contributed by atoms with van der Waals surface area (Å²) in [6.45, 7) is 6.54. The maximum absolute atomic E-state index is 12.4. The summed E-state index contributed by atoms with van der Waals surface area (Å²) in [5, 5.41) is 4.70. The van der Waals surface area contributed by atoms with E-state index in [-0.39, 0.29) is 23.6 Å². The first-order valence-electron chi connectivity index (χ1n) is 7.83. The molecule has 1 saturated heterocycles. The van der Waals surface area contributed by atoms with Crippen molar-refractivity contribution < 1.29 is 8.42 Å². The quantitative estimate of drug-likeness (QED) is 0.794. The Labute approximate surface area is 141 Å². The average molecular weight is 349 g/mol. The number of nitrogens with zero attached hydrogens (tertiary/aromatic N) is 4. The van der Waals surface area contributed by atoms with Gasteiger partial charge >= 0.3 is 0 Å². The Morgan fingerprint density at radius 3 is 2.71 bits per heavy atom. The zero-order valence-electron chi connectivity index (χ0n) is 14.0. The summed E-state index contributed by atoms with van der Waals surface area (Å²) >= 11 is 0. The van der Waals surface area contributed by atoms with Crippen LogP contribution in [0.3, 0.4) is 0 Å². The van der Waals surface area contributed by atoms with Crippen LogP contribution in [0.4, 0.5) is 0 Å². The van der Waals surface area contributed by atoms with E-state index in [1.165, 1.54) is 10.5 Å². The molecule has 0 spiro atoms. The highest BCUT2D eigenvalue weighted by atomic mass is 32.2. The van der Waals surface area contributed by atoms with E-state index in [1.54, 1.807) is 4.68 Å². The van der Waals surface area contributed by atoms with Crippen molar-refractivity contribution in [1.82, 2.24) is 24.1 Å². The number of hydrogen-bond acceptors (Lipinski definition) is 5. The molecule has 0 bridgehead atoms. The molecule has 1 N–H and O–H groups in total. The summed E-state index contributed by atoms with van der Waals surface area (Å²) in [4.78, 5) is 19.7. The fourth-order valence-corrected chi connectivity index (χ4v) is 3.79. The molecule has 10 heteroatoms. The first kappa shape index (κ1) is 17.2. The van der Waals surface area contributed by atoms with Gasteiger partial charge in [-0.2, -0.15) is 5.10 Å². The molecule has 0 aliphatic carbocycles. The molecule has 0 amide bonds. The fraction of sp³-hybridized carbons (Fsp3) is 0.643. The minimum atomic E-state index is -3.74. The summed E-state index contributed by atoms with van der Waals surface area (Å²) < 4.78 is 26.1.